The molecule has 18 heavy (non-hydrogen) atoms. The topological polar surface area (TPSA) is 29.3 Å². The van der Waals surface area contributed by atoms with Gasteiger partial charge in [0.15, 0.2) is 0 Å². The van der Waals surface area contributed by atoms with E-state index < -0.39 is 0 Å². The molecular formula is C15H28N2S. The average Bonchev–Trinajstić information content (AvgIpc) is 2.82. The Morgan fingerprint density at radius 2 is 2.17 bits per heavy atom. The standard InChI is InChI=1S/C15H28N2S/c1-3-5-14(7-9-16)6-4-10-17(2)12-15-8-11-18-13-15/h8,11,13-14H,3-7,9-10,12,16H2,1-2H3. The summed E-state index contributed by atoms with van der Waals surface area (Å²) in [7, 11) is 2.22. The molecule has 3 heteroatoms. The van der Waals surface area contributed by atoms with Gasteiger partial charge in [-0.25, -0.2) is 0 Å². The highest BCUT2D eigenvalue weighted by Gasteiger charge is 2.07. The van der Waals surface area contributed by atoms with E-state index in [9.17, 15) is 0 Å². The summed E-state index contributed by atoms with van der Waals surface area (Å²) in [6, 6.07) is 2.22. The lowest BCUT2D eigenvalue weighted by molar-refractivity contribution is 0.298. The Labute approximate surface area is 116 Å². The fraction of sp³-hybridized carbons (Fsp3) is 0.733. The van der Waals surface area contributed by atoms with E-state index in [0.29, 0.717) is 0 Å². The zero-order chi connectivity index (χ0) is 13.2. The Kier molecular flexibility index (Phi) is 8.31. The van der Waals surface area contributed by atoms with Crippen molar-refractivity contribution in [2.24, 2.45) is 11.7 Å². The maximum atomic E-state index is 5.67. The number of hydrogen-bond donors (Lipinski definition) is 1. The molecule has 104 valence electrons. The van der Waals surface area contributed by atoms with Crippen LogP contribution in [0.2, 0.25) is 0 Å². The van der Waals surface area contributed by atoms with Crippen LogP contribution in [0.3, 0.4) is 0 Å². The Bertz CT molecular complexity index is 279. The normalized spacial score (nSPS) is 13.1. The first kappa shape index (κ1) is 15.7. The molecule has 2 nitrogen and oxygen atoms in total. The lowest BCUT2D eigenvalue weighted by Crippen LogP contribution is -2.20. The highest BCUT2D eigenvalue weighted by atomic mass is 32.1. The van der Waals surface area contributed by atoms with Gasteiger partial charge in [-0.05, 0) is 67.7 Å². The van der Waals surface area contributed by atoms with Gasteiger partial charge in [-0.1, -0.05) is 19.8 Å². The van der Waals surface area contributed by atoms with E-state index in [1.807, 2.05) is 0 Å². The summed E-state index contributed by atoms with van der Waals surface area (Å²) in [5.41, 5.74) is 7.11. The van der Waals surface area contributed by atoms with Crippen molar-refractivity contribution < 1.29 is 0 Å². The molecule has 0 aliphatic rings. The molecule has 1 aromatic heterocycles. The van der Waals surface area contributed by atoms with E-state index in [4.69, 9.17) is 5.73 Å². The van der Waals surface area contributed by atoms with Crippen LogP contribution in [0, 0.1) is 5.92 Å². The summed E-state index contributed by atoms with van der Waals surface area (Å²) >= 11 is 1.78. The van der Waals surface area contributed by atoms with Gasteiger partial charge in [0.05, 0.1) is 0 Å². The van der Waals surface area contributed by atoms with E-state index in [0.717, 1.165) is 19.0 Å². The van der Waals surface area contributed by atoms with Gasteiger partial charge in [-0.15, -0.1) is 0 Å². The summed E-state index contributed by atoms with van der Waals surface area (Å²) in [6.45, 7) is 5.39. The lowest BCUT2D eigenvalue weighted by Gasteiger charge is -2.19. The quantitative estimate of drug-likeness (QED) is 0.700. The molecule has 2 N–H and O–H groups in total. The predicted octanol–water partition coefficient (Wildman–Crippen LogP) is 3.73. The number of thiophene rings is 1. The Balaban J connectivity index is 2.15. The second kappa shape index (κ2) is 9.54. The average molecular weight is 268 g/mol. The molecule has 0 bridgehead atoms. The number of hydrogen-bond acceptors (Lipinski definition) is 3. The summed E-state index contributed by atoms with van der Waals surface area (Å²) in [5.74, 6) is 0.842. The van der Waals surface area contributed by atoms with E-state index in [1.54, 1.807) is 11.3 Å². The molecule has 1 heterocycles. The van der Waals surface area contributed by atoms with Gasteiger partial charge in [0.1, 0.15) is 0 Å². The highest BCUT2D eigenvalue weighted by Crippen LogP contribution is 2.17. The Morgan fingerprint density at radius 1 is 1.33 bits per heavy atom. The first-order chi connectivity index (χ1) is 8.76. The Morgan fingerprint density at radius 3 is 2.78 bits per heavy atom. The van der Waals surface area contributed by atoms with Gasteiger partial charge in [-0.3, -0.25) is 0 Å². The second-order valence-electron chi connectivity index (χ2n) is 5.24. The smallest absolute Gasteiger partial charge is 0.0238 e. The van der Waals surface area contributed by atoms with E-state index in [1.165, 1.54) is 44.2 Å². The van der Waals surface area contributed by atoms with Gasteiger partial charge >= 0.3 is 0 Å². The van der Waals surface area contributed by atoms with Crippen LogP contribution in [-0.4, -0.2) is 25.0 Å². The van der Waals surface area contributed by atoms with Crippen molar-refractivity contribution in [1.29, 1.82) is 0 Å². The molecular weight excluding hydrogens is 240 g/mol. The van der Waals surface area contributed by atoms with Crippen LogP contribution in [0.15, 0.2) is 16.8 Å². The molecule has 1 unspecified atom stereocenters. The third-order valence-electron chi connectivity index (χ3n) is 3.46. The molecule has 0 saturated carbocycles. The molecule has 0 fully saturated rings. The maximum Gasteiger partial charge on any atom is 0.0238 e. The minimum Gasteiger partial charge on any atom is -0.330 e. The van der Waals surface area contributed by atoms with E-state index in [-0.39, 0.29) is 0 Å². The van der Waals surface area contributed by atoms with Crippen LogP contribution in [0.4, 0.5) is 0 Å². The first-order valence-electron chi connectivity index (χ1n) is 7.16. The van der Waals surface area contributed by atoms with Crippen LogP contribution in [0.5, 0.6) is 0 Å². The first-order valence-corrected chi connectivity index (χ1v) is 8.10. The monoisotopic (exact) mass is 268 g/mol. The van der Waals surface area contributed by atoms with Gasteiger partial charge < -0.3 is 10.6 Å². The second-order valence-corrected chi connectivity index (χ2v) is 6.02. The van der Waals surface area contributed by atoms with Crippen molar-refractivity contribution in [2.75, 3.05) is 20.1 Å². The SMILES string of the molecule is CCCC(CCN)CCCN(C)Cc1ccsc1. The molecule has 0 saturated heterocycles. The molecule has 1 atom stereocenters. The lowest BCUT2D eigenvalue weighted by atomic mass is 9.94. The molecule has 0 aromatic carbocycles. The molecule has 1 rings (SSSR count). The molecule has 0 spiro atoms. The molecule has 0 amide bonds. The van der Waals surface area contributed by atoms with E-state index >= 15 is 0 Å². The highest BCUT2D eigenvalue weighted by molar-refractivity contribution is 7.07. The number of nitrogens with two attached hydrogens (primary N) is 1. The minimum atomic E-state index is 0.842. The van der Waals surface area contributed by atoms with Crippen LogP contribution < -0.4 is 5.73 Å². The van der Waals surface area contributed by atoms with Gasteiger partial charge in [0.2, 0.25) is 0 Å². The Hall–Kier alpha value is -0.380. The van der Waals surface area contributed by atoms with Crippen LogP contribution in [0.1, 0.15) is 44.6 Å². The van der Waals surface area contributed by atoms with Crippen molar-refractivity contribution in [3.63, 3.8) is 0 Å². The van der Waals surface area contributed by atoms with Gasteiger partial charge in [-0.2, -0.15) is 11.3 Å². The zero-order valence-electron chi connectivity index (χ0n) is 11.9. The molecule has 0 aliphatic heterocycles. The summed E-state index contributed by atoms with van der Waals surface area (Å²) < 4.78 is 0. The maximum absolute atomic E-state index is 5.67. The van der Waals surface area contributed by atoms with Crippen LogP contribution in [-0.2, 0) is 6.54 Å². The van der Waals surface area contributed by atoms with Crippen molar-refractivity contribution in [3.05, 3.63) is 22.4 Å². The minimum absolute atomic E-state index is 0.842. The summed E-state index contributed by atoms with van der Waals surface area (Å²) in [5, 5.41) is 4.40. The van der Waals surface area contributed by atoms with Crippen LogP contribution >= 0.6 is 11.3 Å². The van der Waals surface area contributed by atoms with Crippen molar-refractivity contribution in [2.45, 2.75) is 45.6 Å². The third kappa shape index (κ3) is 6.53. The van der Waals surface area contributed by atoms with Crippen LogP contribution in [0.25, 0.3) is 0 Å². The van der Waals surface area contributed by atoms with E-state index in [2.05, 4.69) is 35.7 Å². The largest absolute Gasteiger partial charge is 0.330 e. The van der Waals surface area contributed by atoms with Crippen molar-refractivity contribution in [1.82, 2.24) is 4.90 Å². The van der Waals surface area contributed by atoms with Crippen molar-refractivity contribution >= 4 is 11.3 Å². The predicted molar refractivity (Wildman–Crippen MR) is 82.0 cm³/mol. The van der Waals surface area contributed by atoms with Gasteiger partial charge in [0, 0.05) is 6.54 Å². The fourth-order valence-corrected chi connectivity index (χ4v) is 3.16. The zero-order valence-corrected chi connectivity index (χ0v) is 12.7. The molecule has 0 aliphatic carbocycles. The fourth-order valence-electron chi connectivity index (χ4n) is 2.50. The summed E-state index contributed by atoms with van der Waals surface area (Å²) in [6.07, 6.45) is 6.45. The van der Waals surface area contributed by atoms with Gasteiger partial charge in [0.25, 0.3) is 0 Å². The third-order valence-corrected chi connectivity index (χ3v) is 4.19. The molecule has 1 aromatic rings. The number of rotatable bonds is 10. The number of nitrogens with zero attached hydrogens (tertiary/aromatic N) is 1. The van der Waals surface area contributed by atoms with Crippen molar-refractivity contribution in [3.8, 4) is 0 Å². The summed E-state index contributed by atoms with van der Waals surface area (Å²) in [4.78, 5) is 2.42. The molecule has 0 radical (unpaired) electrons.